The summed E-state index contributed by atoms with van der Waals surface area (Å²) >= 11 is 0. The van der Waals surface area contributed by atoms with Gasteiger partial charge in [-0.15, -0.1) is 0 Å². The molecule has 0 aromatic carbocycles. The second-order valence-electron chi connectivity index (χ2n) is 6.36. The molecule has 0 spiro atoms. The molecule has 0 radical (unpaired) electrons. The normalized spacial score (nSPS) is 28.2. The molecule has 3 heteroatoms. The molecule has 3 unspecified atom stereocenters. The largest absolute Gasteiger partial charge is 0.315 e. The van der Waals surface area contributed by atoms with E-state index in [9.17, 15) is 0 Å². The van der Waals surface area contributed by atoms with Crippen LogP contribution in [0.4, 0.5) is 0 Å². The van der Waals surface area contributed by atoms with Crippen LogP contribution in [-0.4, -0.2) is 62.2 Å². The van der Waals surface area contributed by atoms with Gasteiger partial charge in [-0.3, -0.25) is 4.90 Å². The van der Waals surface area contributed by atoms with Crippen molar-refractivity contribution in [1.82, 2.24) is 15.1 Å². The zero-order chi connectivity index (χ0) is 13.0. The Morgan fingerprint density at radius 2 is 1.82 bits per heavy atom. The van der Waals surface area contributed by atoms with Crippen LogP contribution in [0.5, 0.6) is 0 Å². The van der Waals surface area contributed by atoms with E-state index in [0.29, 0.717) is 6.04 Å². The van der Waals surface area contributed by atoms with Crippen LogP contribution in [0.3, 0.4) is 0 Å². The van der Waals surface area contributed by atoms with E-state index in [1.807, 2.05) is 0 Å². The molecule has 3 atom stereocenters. The van der Waals surface area contributed by atoms with Gasteiger partial charge in [-0.2, -0.15) is 0 Å². The van der Waals surface area contributed by atoms with Gasteiger partial charge in [0.2, 0.25) is 0 Å². The molecule has 1 N–H and O–H groups in total. The second-order valence-corrected chi connectivity index (χ2v) is 6.36. The highest BCUT2D eigenvalue weighted by Crippen LogP contribution is 2.21. The van der Waals surface area contributed by atoms with Gasteiger partial charge in [0, 0.05) is 31.7 Å². The molecule has 1 saturated heterocycles. The molecule has 0 amide bonds. The number of likely N-dealkylation sites (N-methyl/N-ethyl adjacent to an activating group) is 1. The topological polar surface area (TPSA) is 18.5 Å². The summed E-state index contributed by atoms with van der Waals surface area (Å²) in [5.74, 6) is 1.53. The van der Waals surface area contributed by atoms with Gasteiger partial charge in [0.05, 0.1) is 0 Å². The number of hydrogen-bond acceptors (Lipinski definition) is 3. The molecule has 102 valence electrons. The summed E-state index contributed by atoms with van der Waals surface area (Å²) in [5.41, 5.74) is 0. The quantitative estimate of drug-likeness (QED) is 0.760. The Bertz CT molecular complexity index is 216. The fraction of sp³-hybridized carbons (Fsp3) is 1.00. The highest BCUT2D eigenvalue weighted by Gasteiger charge is 2.32. The molecule has 1 rings (SSSR count). The smallest absolute Gasteiger partial charge is 0.0254 e. The van der Waals surface area contributed by atoms with Gasteiger partial charge in [0.25, 0.3) is 0 Å². The van der Waals surface area contributed by atoms with Crippen LogP contribution in [0.25, 0.3) is 0 Å². The average Bonchev–Trinajstić information content (AvgIpc) is 2.59. The zero-order valence-corrected chi connectivity index (χ0v) is 12.5. The molecule has 0 bridgehead atoms. The Balaban J connectivity index is 2.31. The summed E-state index contributed by atoms with van der Waals surface area (Å²) in [6.45, 7) is 14.0. The first-order valence-corrected chi connectivity index (χ1v) is 7.03. The minimum Gasteiger partial charge on any atom is -0.315 e. The molecule has 0 aliphatic carbocycles. The zero-order valence-electron chi connectivity index (χ0n) is 12.5. The minimum absolute atomic E-state index is 0.654. The van der Waals surface area contributed by atoms with E-state index in [-0.39, 0.29) is 0 Å². The third-order valence-corrected chi connectivity index (χ3v) is 3.88. The van der Waals surface area contributed by atoms with Gasteiger partial charge >= 0.3 is 0 Å². The lowest BCUT2D eigenvalue weighted by atomic mass is 10.1. The van der Waals surface area contributed by atoms with Gasteiger partial charge in [0.15, 0.2) is 0 Å². The van der Waals surface area contributed by atoms with E-state index >= 15 is 0 Å². The Labute approximate surface area is 108 Å². The molecule has 0 saturated carbocycles. The highest BCUT2D eigenvalue weighted by molar-refractivity contribution is 4.89. The van der Waals surface area contributed by atoms with Crippen molar-refractivity contribution in [2.75, 3.05) is 40.3 Å². The minimum atomic E-state index is 0.654. The van der Waals surface area contributed by atoms with E-state index < -0.39 is 0 Å². The first kappa shape index (κ1) is 14.9. The van der Waals surface area contributed by atoms with Crippen LogP contribution in [0.15, 0.2) is 0 Å². The number of likely N-dealkylation sites (tertiary alicyclic amines) is 1. The van der Waals surface area contributed by atoms with Crippen molar-refractivity contribution >= 4 is 0 Å². The molecule has 1 fully saturated rings. The van der Waals surface area contributed by atoms with Gasteiger partial charge in [-0.1, -0.05) is 20.8 Å². The maximum Gasteiger partial charge on any atom is 0.0254 e. The molecular weight excluding hydrogens is 210 g/mol. The van der Waals surface area contributed by atoms with E-state index in [1.165, 1.54) is 13.1 Å². The van der Waals surface area contributed by atoms with E-state index in [2.05, 4.69) is 56.9 Å². The Morgan fingerprint density at radius 1 is 1.18 bits per heavy atom. The predicted molar refractivity (Wildman–Crippen MR) is 75.4 cm³/mol. The van der Waals surface area contributed by atoms with Crippen molar-refractivity contribution in [2.45, 2.75) is 39.8 Å². The van der Waals surface area contributed by atoms with Gasteiger partial charge in [0.1, 0.15) is 0 Å². The van der Waals surface area contributed by atoms with Crippen LogP contribution in [-0.2, 0) is 0 Å². The summed E-state index contributed by atoms with van der Waals surface area (Å²) in [6.07, 6.45) is 0. The van der Waals surface area contributed by atoms with E-state index in [4.69, 9.17) is 0 Å². The number of rotatable bonds is 6. The third-order valence-electron chi connectivity index (χ3n) is 3.88. The summed E-state index contributed by atoms with van der Waals surface area (Å²) < 4.78 is 0. The first-order valence-electron chi connectivity index (χ1n) is 7.03. The maximum absolute atomic E-state index is 3.57. The Hall–Kier alpha value is -0.120. The van der Waals surface area contributed by atoms with Gasteiger partial charge < -0.3 is 10.2 Å². The van der Waals surface area contributed by atoms with Crippen LogP contribution >= 0.6 is 0 Å². The van der Waals surface area contributed by atoms with Crippen molar-refractivity contribution in [3.63, 3.8) is 0 Å². The molecule has 1 aliphatic heterocycles. The molecular formula is C14H31N3. The molecule has 1 aliphatic rings. The van der Waals surface area contributed by atoms with Crippen LogP contribution in [0.1, 0.15) is 27.7 Å². The highest BCUT2D eigenvalue weighted by atomic mass is 15.3. The summed E-state index contributed by atoms with van der Waals surface area (Å²) in [7, 11) is 4.40. The fourth-order valence-electron chi connectivity index (χ4n) is 2.73. The predicted octanol–water partition coefficient (Wildman–Crippen LogP) is 1.50. The standard InChI is InChI=1S/C14H31N3/c1-11(2)7-15-8-13(4)17-9-12(3)14(10-17)16(5)6/h11-15H,7-10H2,1-6H3. The fourth-order valence-corrected chi connectivity index (χ4v) is 2.73. The van der Waals surface area contributed by atoms with Crippen molar-refractivity contribution in [2.24, 2.45) is 11.8 Å². The number of hydrogen-bond donors (Lipinski definition) is 1. The van der Waals surface area contributed by atoms with Crippen molar-refractivity contribution in [3.8, 4) is 0 Å². The van der Waals surface area contributed by atoms with E-state index in [1.54, 1.807) is 0 Å². The lowest BCUT2D eigenvalue weighted by Gasteiger charge is -2.26. The van der Waals surface area contributed by atoms with Gasteiger partial charge in [-0.05, 0) is 39.4 Å². The lowest BCUT2D eigenvalue weighted by molar-refractivity contribution is 0.220. The molecule has 3 nitrogen and oxygen atoms in total. The molecule has 1 heterocycles. The third kappa shape index (κ3) is 4.57. The Morgan fingerprint density at radius 3 is 2.29 bits per heavy atom. The summed E-state index contributed by atoms with van der Waals surface area (Å²) in [6, 6.07) is 1.38. The summed E-state index contributed by atoms with van der Waals surface area (Å²) in [5, 5.41) is 3.57. The van der Waals surface area contributed by atoms with Crippen molar-refractivity contribution in [3.05, 3.63) is 0 Å². The summed E-state index contributed by atoms with van der Waals surface area (Å²) in [4.78, 5) is 5.00. The van der Waals surface area contributed by atoms with Crippen LogP contribution < -0.4 is 5.32 Å². The molecule has 0 aromatic heterocycles. The van der Waals surface area contributed by atoms with Crippen LogP contribution in [0, 0.1) is 11.8 Å². The second kappa shape index (κ2) is 6.72. The van der Waals surface area contributed by atoms with Crippen LogP contribution in [0.2, 0.25) is 0 Å². The van der Waals surface area contributed by atoms with Crippen molar-refractivity contribution < 1.29 is 0 Å². The van der Waals surface area contributed by atoms with E-state index in [0.717, 1.165) is 31.0 Å². The number of nitrogens with one attached hydrogen (secondary N) is 1. The Kier molecular flexibility index (Phi) is 5.90. The van der Waals surface area contributed by atoms with Gasteiger partial charge in [-0.25, -0.2) is 0 Å². The monoisotopic (exact) mass is 241 g/mol. The first-order chi connectivity index (χ1) is 7.91. The van der Waals surface area contributed by atoms with Crippen molar-refractivity contribution in [1.29, 1.82) is 0 Å². The average molecular weight is 241 g/mol. The maximum atomic E-state index is 3.57. The molecule has 17 heavy (non-hydrogen) atoms. The lowest BCUT2D eigenvalue weighted by Crippen LogP contribution is -2.41. The molecule has 0 aromatic rings. The SMILES string of the molecule is CC(C)CNCC(C)N1CC(C)C(N(C)C)C1. The number of nitrogens with zero attached hydrogens (tertiary/aromatic N) is 2.